The highest BCUT2D eigenvalue weighted by molar-refractivity contribution is 6.30. The van der Waals surface area contributed by atoms with Crippen LogP contribution in [0.5, 0.6) is 5.75 Å². The molecule has 0 saturated carbocycles. The molecule has 1 fully saturated rings. The third kappa shape index (κ3) is 5.52. The van der Waals surface area contributed by atoms with E-state index in [-0.39, 0.29) is 24.5 Å². The molecular weight excluding hydrogens is 519 g/mol. The molecule has 3 aromatic carbocycles. The molecule has 6 nitrogen and oxygen atoms in total. The van der Waals surface area contributed by atoms with Crippen LogP contribution in [0.25, 0.3) is 11.0 Å². The number of carbonyl (C=O) groups is 1. The number of ether oxygens (including phenoxy) is 3. The van der Waals surface area contributed by atoms with Crippen LogP contribution < -0.4 is 4.74 Å². The molecule has 1 aliphatic carbocycles. The van der Waals surface area contributed by atoms with E-state index in [0.717, 1.165) is 67.9 Å². The summed E-state index contributed by atoms with van der Waals surface area (Å²) >= 11 is 5.87. The van der Waals surface area contributed by atoms with Crippen molar-refractivity contribution in [3.8, 4) is 5.75 Å². The van der Waals surface area contributed by atoms with Crippen molar-refractivity contribution >= 4 is 28.6 Å². The highest BCUT2D eigenvalue weighted by Crippen LogP contribution is 2.32. The van der Waals surface area contributed by atoms with E-state index in [0.29, 0.717) is 22.1 Å². The van der Waals surface area contributed by atoms with E-state index in [9.17, 15) is 9.18 Å². The van der Waals surface area contributed by atoms with Crippen LogP contribution in [0, 0.1) is 11.7 Å². The fourth-order valence-corrected chi connectivity index (χ4v) is 5.70. The molecule has 2 atom stereocenters. The van der Waals surface area contributed by atoms with Gasteiger partial charge in [0.15, 0.2) is 0 Å². The molecule has 1 saturated heterocycles. The number of fused-ring (bicyclic) bond motifs is 2. The number of imidazole rings is 1. The van der Waals surface area contributed by atoms with Gasteiger partial charge in [-0.2, -0.15) is 0 Å². The molecule has 0 radical (unpaired) electrons. The van der Waals surface area contributed by atoms with Gasteiger partial charge in [-0.1, -0.05) is 23.7 Å². The zero-order valence-electron chi connectivity index (χ0n) is 21.8. The van der Waals surface area contributed by atoms with Gasteiger partial charge in [0, 0.05) is 23.6 Å². The highest BCUT2D eigenvalue weighted by Gasteiger charge is 2.26. The van der Waals surface area contributed by atoms with Gasteiger partial charge in [-0.05, 0) is 85.2 Å². The second-order valence-corrected chi connectivity index (χ2v) is 10.8. The summed E-state index contributed by atoms with van der Waals surface area (Å²) < 4.78 is 33.0. The molecule has 2 heterocycles. The van der Waals surface area contributed by atoms with Crippen molar-refractivity contribution in [1.29, 1.82) is 0 Å². The van der Waals surface area contributed by atoms with E-state index in [2.05, 4.69) is 16.7 Å². The van der Waals surface area contributed by atoms with Crippen molar-refractivity contribution in [1.82, 2.24) is 9.55 Å². The third-order valence-corrected chi connectivity index (χ3v) is 8.05. The van der Waals surface area contributed by atoms with Crippen LogP contribution in [-0.4, -0.2) is 35.3 Å². The minimum absolute atomic E-state index is 0.145. The van der Waals surface area contributed by atoms with E-state index in [1.165, 1.54) is 24.3 Å². The fraction of sp³-hybridized carbons (Fsp3) is 0.355. The van der Waals surface area contributed by atoms with Crippen LogP contribution in [-0.2, 0) is 41.9 Å². The molecule has 0 amide bonds. The summed E-state index contributed by atoms with van der Waals surface area (Å²) in [6, 6.07) is 16.3. The maximum atomic E-state index is 14.2. The van der Waals surface area contributed by atoms with Gasteiger partial charge < -0.3 is 18.8 Å². The van der Waals surface area contributed by atoms with Gasteiger partial charge in [-0.25, -0.2) is 14.2 Å². The van der Waals surface area contributed by atoms with E-state index in [1.54, 1.807) is 18.2 Å². The monoisotopic (exact) mass is 548 g/mol. The quantitative estimate of drug-likeness (QED) is 0.241. The fourth-order valence-electron chi connectivity index (χ4n) is 5.54. The Kier molecular flexibility index (Phi) is 7.28. The summed E-state index contributed by atoms with van der Waals surface area (Å²) in [5, 5.41) is 0.369. The van der Waals surface area contributed by atoms with Gasteiger partial charge in [0.25, 0.3) is 0 Å². The van der Waals surface area contributed by atoms with Gasteiger partial charge in [0.1, 0.15) is 24.0 Å². The summed E-state index contributed by atoms with van der Waals surface area (Å²) in [5.74, 6) is 1.44. The zero-order valence-corrected chi connectivity index (χ0v) is 22.5. The lowest BCUT2D eigenvalue weighted by Crippen LogP contribution is -2.32. The predicted molar refractivity (Wildman–Crippen MR) is 147 cm³/mol. The third-order valence-electron chi connectivity index (χ3n) is 7.82. The molecule has 2 unspecified atom stereocenters. The number of methoxy groups -OCH3 is 1. The lowest BCUT2D eigenvalue weighted by molar-refractivity contribution is -0.0590. The molecule has 0 N–H and O–H groups in total. The number of benzene rings is 3. The first-order valence-corrected chi connectivity index (χ1v) is 13.7. The van der Waals surface area contributed by atoms with Crippen molar-refractivity contribution in [2.75, 3.05) is 13.7 Å². The molecule has 1 aliphatic heterocycles. The molecule has 6 rings (SSSR count). The number of rotatable bonds is 8. The van der Waals surface area contributed by atoms with E-state index in [4.69, 9.17) is 30.8 Å². The summed E-state index contributed by atoms with van der Waals surface area (Å²) in [5.41, 5.74) is 5.39. The number of esters is 1. The first kappa shape index (κ1) is 25.8. The molecular formula is C31H30ClFN2O4. The first-order valence-electron chi connectivity index (χ1n) is 13.3. The topological polar surface area (TPSA) is 62.6 Å². The molecule has 8 heteroatoms. The number of aromatic nitrogens is 2. The average Bonchev–Trinajstić information content (AvgIpc) is 3.25. The summed E-state index contributed by atoms with van der Waals surface area (Å²) in [6.07, 6.45) is 4.99. The molecule has 1 aromatic heterocycles. The maximum absolute atomic E-state index is 14.2. The summed E-state index contributed by atoms with van der Waals surface area (Å²) in [7, 11) is 1.39. The van der Waals surface area contributed by atoms with Crippen molar-refractivity contribution in [3.63, 3.8) is 0 Å². The Morgan fingerprint density at radius 1 is 1.13 bits per heavy atom. The van der Waals surface area contributed by atoms with Crippen molar-refractivity contribution in [3.05, 3.63) is 93.5 Å². The molecule has 39 heavy (non-hydrogen) atoms. The number of carbonyl (C=O) groups excluding carboxylic acids is 1. The Hall–Kier alpha value is -3.42. The second-order valence-electron chi connectivity index (χ2n) is 10.4. The largest absolute Gasteiger partial charge is 0.489 e. The summed E-state index contributed by atoms with van der Waals surface area (Å²) in [6.45, 7) is 1.65. The van der Waals surface area contributed by atoms with Crippen LogP contribution in [0.1, 0.15) is 45.7 Å². The van der Waals surface area contributed by atoms with Crippen LogP contribution in [0.2, 0.25) is 5.02 Å². The molecule has 2 aliphatic rings. The Balaban J connectivity index is 1.20. The number of halogens is 2. The lowest BCUT2D eigenvalue weighted by Gasteiger charge is -2.29. The molecule has 4 aromatic rings. The van der Waals surface area contributed by atoms with Gasteiger partial charge in [-0.3, -0.25) is 0 Å². The van der Waals surface area contributed by atoms with Crippen molar-refractivity contribution in [2.45, 2.75) is 51.4 Å². The maximum Gasteiger partial charge on any atom is 0.337 e. The molecule has 0 bridgehead atoms. The summed E-state index contributed by atoms with van der Waals surface area (Å²) in [4.78, 5) is 17.2. The van der Waals surface area contributed by atoms with Crippen molar-refractivity contribution < 1.29 is 23.4 Å². The lowest BCUT2D eigenvalue weighted by atomic mass is 9.82. The van der Waals surface area contributed by atoms with Gasteiger partial charge in [-0.15, -0.1) is 0 Å². The van der Waals surface area contributed by atoms with Crippen LogP contribution >= 0.6 is 11.6 Å². The zero-order chi connectivity index (χ0) is 26.9. The van der Waals surface area contributed by atoms with Gasteiger partial charge >= 0.3 is 5.97 Å². The Bertz CT molecular complexity index is 1530. The average molecular weight is 549 g/mol. The highest BCUT2D eigenvalue weighted by atomic mass is 35.5. The van der Waals surface area contributed by atoms with Crippen LogP contribution in [0.4, 0.5) is 4.39 Å². The minimum Gasteiger partial charge on any atom is -0.489 e. The molecule has 202 valence electrons. The predicted octanol–water partition coefficient (Wildman–Crippen LogP) is 6.33. The second kappa shape index (κ2) is 11.0. The smallest absolute Gasteiger partial charge is 0.337 e. The standard InChI is InChI=1S/C31H30ClFN2O4/c1-37-31(36)21-6-9-28-29(15-21)35(17-26-10-11-38-26)30(34-28)13-19-2-3-20-5-8-25(14-23(20)12-19)39-18-22-4-7-24(32)16-27(22)33/h4-9,14-16,19,26H,2-3,10-13,17-18H2,1H3. The number of hydrogen-bond donors (Lipinski definition) is 0. The number of nitrogens with zero attached hydrogens (tertiary/aromatic N) is 2. The Morgan fingerprint density at radius 2 is 2.00 bits per heavy atom. The number of hydrogen-bond acceptors (Lipinski definition) is 5. The Labute approximate surface area is 231 Å². The Morgan fingerprint density at radius 3 is 2.77 bits per heavy atom. The first-order chi connectivity index (χ1) is 19.0. The van der Waals surface area contributed by atoms with Crippen molar-refractivity contribution in [2.24, 2.45) is 5.92 Å². The normalized spacial score (nSPS) is 18.4. The van der Waals surface area contributed by atoms with Crippen LogP contribution in [0.3, 0.4) is 0 Å². The SMILES string of the molecule is COC(=O)c1ccc2nc(CC3CCc4ccc(OCc5ccc(Cl)cc5F)cc4C3)n(CC3CCO3)c2c1. The van der Waals surface area contributed by atoms with Gasteiger partial charge in [0.05, 0.1) is 36.4 Å². The number of aryl methyl sites for hydroxylation is 1. The van der Waals surface area contributed by atoms with Crippen LogP contribution in [0.15, 0.2) is 54.6 Å². The van der Waals surface area contributed by atoms with Gasteiger partial charge in [0.2, 0.25) is 0 Å². The van der Waals surface area contributed by atoms with E-state index < -0.39 is 0 Å². The minimum atomic E-state index is -0.366. The van der Waals surface area contributed by atoms with E-state index >= 15 is 0 Å². The molecule has 0 spiro atoms. The van der Waals surface area contributed by atoms with E-state index in [1.807, 2.05) is 18.2 Å².